The van der Waals surface area contributed by atoms with E-state index in [0.29, 0.717) is 30.7 Å². The van der Waals surface area contributed by atoms with E-state index in [0.717, 1.165) is 16.5 Å². The number of carbonyl (C=O) groups excluding carboxylic acids is 3. The van der Waals surface area contributed by atoms with E-state index in [-0.39, 0.29) is 31.4 Å². The summed E-state index contributed by atoms with van der Waals surface area (Å²) in [7, 11) is 0. The zero-order chi connectivity index (χ0) is 32.1. The maximum Gasteiger partial charge on any atom is 0.326 e. The number of unbranched alkanes of at least 4 members (excludes halogenated alkanes) is 1. The third-order valence-electron chi connectivity index (χ3n) is 7.27. The molecule has 0 saturated carbocycles. The SMILES string of the molecule is CSCCC(NC(=O)C(Cc1ccc(O)cc1)NC(=O)C(N)Cc1c[nH]c2ccccc12)C(=O)NC(CCCCN)C(=O)O. The molecule has 3 aromatic rings. The van der Waals surface area contributed by atoms with Crippen LogP contribution in [0.4, 0.5) is 0 Å². The number of amides is 3. The first kappa shape index (κ1) is 34.4. The molecule has 238 valence electrons. The number of nitrogens with one attached hydrogen (secondary N) is 4. The van der Waals surface area contributed by atoms with Crippen molar-refractivity contribution in [2.24, 2.45) is 11.5 Å². The van der Waals surface area contributed by atoms with Gasteiger partial charge in [0.25, 0.3) is 0 Å². The van der Waals surface area contributed by atoms with Crippen LogP contribution in [0.2, 0.25) is 0 Å². The molecular formula is C31H42N6O6S. The standard InChI is InChI=1S/C31H42N6O6S/c1-44-15-13-25(29(40)36-26(31(42)43)8-4-5-14-32)35-30(41)27(16-19-9-11-21(38)12-10-19)37-28(39)23(33)17-20-18-34-24-7-3-2-6-22(20)24/h2-3,6-7,9-12,18,23,25-27,34,38H,4-5,8,13-17,32-33H2,1H3,(H,35,41)(H,36,40)(H,37,39)(H,42,43). The molecule has 2 aromatic carbocycles. The second-order valence-corrected chi connectivity index (χ2v) is 11.6. The van der Waals surface area contributed by atoms with Gasteiger partial charge in [0.15, 0.2) is 0 Å². The maximum absolute atomic E-state index is 13.6. The van der Waals surface area contributed by atoms with Crippen LogP contribution in [0.15, 0.2) is 54.7 Å². The summed E-state index contributed by atoms with van der Waals surface area (Å²) in [6, 6.07) is 9.61. The molecule has 13 heteroatoms. The Morgan fingerprint density at radius 1 is 0.864 bits per heavy atom. The van der Waals surface area contributed by atoms with Crippen LogP contribution in [-0.2, 0) is 32.0 Å². The summed E-state index contributed by atoms with van der Waals surface area (Å²) in [6.07, 6.45) is 5.53. The van der Waals surface area contributed by atoms with E-state index in [9.17, 15) is 29.4 Å². The van der Waals surface area contributed by atoms with Crippen LogP contribution >= 0.6 is 11.8 Å². The predicted octanol–water partition coefficient (Wildman–Crippen LogP) is 1.41. The van der Waals surface area contributed by atoms with Gasteiger partial charge in [-0.1, -0.05) is 30.3 Å². The van der Waals surface area contributed by atoms with Crippen molar-refractivity contribution in [1.29, 1.82) is 0 Å². The number of para-hydroxylation sites is 1. The number of nitrogens with two attached hydrogens (primary N) is 2. The Morgan fingerprint density at radius 2 is 1.52 bits per heavy atom. The number of fused-ring (bicyclic) bond motifs is 1. The molecule has 1 aromatic heterocycles. The highest BCUT2D eigenvalue weighted by molar-refractivity contribution is 7.98. The van der Waals surface area contributed by atoms with Crippen molar-refractivity contribution in [2.45, 2.75) is 62.7 Å². The van der Waals surface area contributed by atoms with Crippen molar-refractivity contribution in [3.8, 4) is 5.75 Å². The number of H-pyrrole nitrogens is 1. The van der Waals surface area contributed by atoms with Crippen molar-refractivity contribution in [1.82, 2.24) is 20.9 Å². The average molecular weight is 627 g/mol. The van der Waals surface area contributed by atoms with E-state index >= 15 is 0 Å². The Kier molecular flexibility index (Phi) is 13.5. The summed E-state index contributed by atoms with van der Waals surface area (Å²) in [6.45, 7) is 0.409. The molecule has 4 unspecified atom stereocenters. The quantitative estimate of drug-likeness (QED) is 0.0957. The zero-order valence-electron chi connectivity index (χ0n) is 24.8. The van der Waals surface area contributed by atoms with E-state index in [4.69, 9.17) is 11.5 Å². The Labute approximate surface area is 260 Å². The molecule has 0 aliphatic rings. The van der Waals surface area contributed by atoms with Crippen molar-refractivity contribution >= 4 is 46.4 Å². The number of aromatic hydroxyl groups is 1. The third-order valence-corrected chi connectivity index (χ3v) is 7.91. The van der Waals surface area contributed by atoms with Crippen LogP contribution in [0.3, 0.4) is 0 Å². The summed E-state index contributed by atoms with van der Waals surface area (Å²) in [5, 5.41) is 28.3. The molecule has 0 radical (unpaired) electrons. The number of benzene rings is 2. The number of aliphatic carboxylic acids is 1. The number of hydrogen-bond donors (Lipinski definition) is 8. The van der Waals surface area contributed by atoms with Gasteiger partial charge in [0.2, 0.25) is 17.7 Å². The van der Waals surface area contributed by atoms with Crippen LogP contribution in [0.25, 0.3) is 10.9 Å². The normalized spacial score (nSPS) is 13.9. The summed E-state index contributed by atoms with van der Waals surface area (Å²) in [5.74, 6) is -2.40. The smallest absolute Gasteiger partial charge is 0.326 e. The Hall–Kier alpha value is -4.07. The van der Waals surface area contributed by atoms with Gasteiger partial charge in [-0.15, -0.1) is 0 Å². The van der Waals surface area contributed by atoms with Gasteiger partial charge in [-0.25, -0.2) is 4.79 Å². The first-order chi connectivity index (χ1) is 21.1. The van der Waals surface area contributed by atoms with Crippen LogP contribution in [0.1, 0.15) is 36.8 Å². The van der Waals surface area contributed by atoms with Crippen molar-refractivity contribution in [2.75, 3.05) is 18.6 Å². The van der Waals surface area contributed by atoms with Gasteiger partial charge in [0.05, 0.1) is 6.04 Å². The lowest BCUT2D eigenvalue weighted by Crippen LogP contribution is -2.57. The molecule has 10 N–H and O–H groups in total. The molecule has 0 bridgehead atoms. The van der Waals surface area contributed by atoms with Gasteiger partial charge in [0.1, 0.15) is 23.9 Å². The molecule has 44 heavy (non-hydrogen) atoms. The molecule has 0 aliphatic heterocycles. The third kappa shape index (κ3) is 10.3. The van der Waals surface area contributed by atoms with E-state index in [2.05, 4.69) is 20.9 Å². The number of phenolic OH excluding ortho intramolecular Hbond substituents is 1. The van der Waals surface area contributed by atoms with E-state index in [1.54, 1.807) is 18.3 Å². The minimum atomic E-state index is -1.17. The molecule has 0 fully saturated rings. The topological polar surface area (TPSA) is 213 Å². The molecule has 3 amide bonds. The highest BCUT2D eigenvalue weighted by Crippen LogP contribution is 2.19. The number of carbonyl (C=O) groups is 4. The summed E-state index contributed by atoms with van der Waals surface area (Å²) >= 11 is 1.47. The zero-order valence-corrected chi connectivity index (χ0v) is 25.6. The Balaban J connectivity index is 1.76. The first-order valence-corrected chi connectivity index (χ1v) is 15.9. The number of aromatic nitrogens is 1. The molecule has 12 nitrogen and oxygen atoms in total. The molecule has 0 saturated heterocycles. The highest BCUT2D eigenvalue weighted by Gasteiger charge is 2.30. The lowest BCUT2D eigenvalue weighted by atomic mass is 10.0. The van der Waals surface area contributed by atoms with Gasteiger partial charge in [-0.05, 0) is 80.0 Å². The first-order valence-electron chi connectivity index (χ1n) is 14.5. The largest absolute Gasteiger partial charge is 0.508 e. The second kappa shape index (κ2) is 17.3. The highest BCUT2D eigenvalue weighted by atomic mass is 32.2. The van der Waals surface area contributed by atoms with Crippen LogP contribution in [0, 0.1) is 0 Å². The van der Waals surface area contributed by atoms with Gasteiger partial charge >= 0.3 is 5.97 Å². The lowest BCUT2D eigenvalue weighted by molar-refractivity contribution is -0.142. The number of hydrogen-bond acceptors (Lipinski definition) is 8. The monoisotopic (exact) mass is 626 g/mol. The molecule has 1 heterocycles. The number of aromatic amines is 1. The van der Waals surface area contributed by atoms with Crippen molar-refractivity contribution < 1.29 is 29.4 Å². The Bertz CT molecular complexity index is 1400. The number of thioether (sulfide) groups is 1. The van der Waals surface area contributed by atoms with Crippen LogP contribution in [0.5, 0.6) is 5.75 Å². The van der Waals surface area contributed by atoms with Crippen molar-refractivity contribution in [3.05, 3.63) is 65.9 Å². The fraction of sp³-hybridized carbons (Fsp3) is 0.419. The minimum Gasteiger partial charge on any atom is -0.508 e. The predicted molar refractivity (Wildman–Crippen MR) is 171 cm³/mol. The summed E-state index contributed by atoms with van der Waals surface area (Å²) in [4.78, 5) is 55.1. The molecule has 4 atom stereocenters. The van der Waals surface area contributed by atoms with Gasteiger partial charge in [0, 0.05) is 23.5 Å². The Morgan fingerprint density at radius 3 is 2.20 bits per heavy atom. The van der Waals surface area contributed by atoms with Crippen molar-refractivity contribution in [3.63, 3.8) is 0 Å². The number of rotatable bonds is 18. The molecular weight excluding hydrogens is 584 g/mol. The van der Waals surface area contributed by atoms with E-state index in [1.807, 2.05) is 30.5 Å². The van der Waals surface area contributed by atoms with Crippen LogP contribution < -0.4 is 27.4 Å². The fourth-order valence-electron chi connectivity index (χ4n) is 4.79. The van der Waals surface area contributed by atoms with Gasteiger partial charge in [-0.3, -0.25) is 14.4 Å². The average Bonchev–Trinajstić information content (AvgIpc) is 3.41. The maximum atomic E-state index is 13.6. The second-order valence-electron chi connectivity index (χ2n) is 10.6. The number of phenols is 1. The van der Waals surface area contributed by atoms with Crippen LogP contribution in [-0.4, -0.2) is 81.6 Å². The minimum absolute atomic E-state index is 0.0489. The lowest BCUT2D eigenvalue weighted by Gasteiger charge is -2.25. The molecule has 3 rings (SSSR count). The van der Waals surface area contributed by atoms with Gasteiger partial charge < -0.3 is 42.6 Å². The van der Waals surface area contributed by atoms with Gasteiger partial charge in [-0.2, -0.15) is 11.8 Å². The molecule has 0 aliphatic carbocycles. The fourth-order valence-corrected chi connectivity index (χ4v) is 5.26. The molecule has 0 spiro atoms. The number of carboxylic acid groups (broad SMARTS) is 1. The summed E-state index contributed by atoms with van der Waals surface area (Å²) in [5.41, 5.74) is 14.2. The summed E-state index contributed by atoms with van der Waals surface area (Å²) < 4.78 is 0. The van der Waals surface area contributed by atoms with E-state index < -0.39 is 47.9 Å². The number of carboxylic acids is 1. The van der Waals surface area contributed by atoms with E-state index in [1.165, 1.54) is 23.9 Å².